The molecule has 0 unspecified atom stereocenters. The van der Waals surface area contributed by atoms with E-state index < -0.39 is 42.9 Å². The van der Waals surface area contributed by atoms with Crippen molar-refractivity contribution in [2.24, 2.45) is 0 Å². The Morgan fingerprint density at radius 2 is 1.68 bits per heavy atom. The zero-order valence-corrected chi connectivity index (χ0v) is 16.3. The van der Waals surface area contributed by atoms with Gasteiger partial charge in [0.2, 0.25) is 0 Å². The van der Waals surface area contributed by atoms with Gasteiger partial charge in [0.25, 0.3) is 5.92 Å². The average Bonchev–Trinajstić information content (AvgIpc) is 2.62. The smallest absolute Gasteiger partial charge is 0.493 e. The lowest BCUT2D eigenvalue weighted by Crippen LogP contribution is -2.43. The Morgan fingerprint density at radius 3 is 2.23 bits per heavy atom. The molecule has 1 saturated carbocycles. The molecule has 0 atom stereocenters. The second-order valence-electron chi connectivity index (χ2n) is 6.83. The van der Waals surface area contributed by atoms with Crippen LogP contribution < -0.4 is 18.9 Å². The number of carboxylic acids is 1. The first-order valence-electron chi connectivity index (χ1n) is 8.91. The number of benzene rings is 2. The standard InChI is InChI=1S/C20H17F5O6/c1-10-13(29-12-8-19(21,22)9-12)5-6-15(17(10)18(26)27)30-14-4-3-11(7-16(14)28-2)31-20(23,24)25/h3-7,12H,8-9H2,1-2H3,(H,26,27). The summed E-state index contributed by atoms with van der Waals surface area (Å²) in [6, 6.07) is 5.68. The van der Waals surface area contributed by atoms with E-state index in [9.17, 15) is 31.9 Å². The van der Waals surface area contributed by atoms with Crippen molar-refractivity contribution in [1.82, 2.24) is 0 Å². The van der Waals surface area contributed by atoms with E-state index in [0.717, 1.165) is 18.2 Å². The summed E-state index contributed by atoms with van der Waals surface area (Å²) >= 11 is 0. The number of hydrogen-bond acceptors (Lipinski definition) is 5. The molecule has 0 aromatic heterocycles. The van der Waals surface area contributed by atoms with Crippen LogP contribution in [0.3, 0.4) is 0 Å². The second kappa shape index (κ2) is 8.12. The van der Waals surface area contributed by atoms with Gasteiger partial charge in [-0.05, 0) is 31.2 Å². The summed E-state index contributed by atoms with van der Waals surface area (Å²) < 4.78 is 83.1. The first-order chi connectivity index (χ1) is 14.4. The molecule has 0 aliphatic heterocycles. The molecular formula is C20H17F5O6. The largest absolute Gasteiger partial charge is 0.573 e. The number of carbonyl (C=O) groups is 1. The summed E-state index contributed by atoms with van der Waals surface area (Å²) in [5.41, 5.74) is -0.141. The first kappa shape index (κ1) is 22.4. The van der Waals surface area contributed by atoms with Crippen molar-refractivity contribution in [3.05, 3.63) is 41.5 Å². The number of aromatic carboxylic acids is 1. The zero-order valence-electron chi connectivity index (χ0n) is 16.3. The quantitative estimate of drug-likeness (QED) is 0.559. The van der Waals surface area contributed by atoms with Gasteiger partial charge in [0.15, 0.2) is 11.5 Å². The Bertz CT molecular complexity index is 981. The van der Waals surface area contributed by atoms with E-state index in [1.165, 1.54) is 26.2 Å². The van der Waals surface area contributed by atoms with Crippen molar-refractivity contribution in [3.8, 4) is 28.7 Å². The summed E-state index contributed by atoms with van der Waals surface area (Å²) in [5.74, 6) is -4.93. The van der Waals surface area contributed by atoms with Crippen LogP contribution in [0.1, 0.15) is 28.8 Å². The van der Waals surface area contributed by atoms with Gasteiger partial charge in [0, 0.05) is 24.5 Å². The van der Waals surface area contributed by atoms with Crippen LogP contribution >= 0.6 is 0 Å². The number of methoxy groups -OCH3 is 1. The molecule has 1 fully saturated rings. The Balaban J connectivity index is 1.87. The van der Waals surface area contributed by atoms with Gasteiger partial charge < -0.3 is 24.1 Å². The highest BCUT2D eigenvalue weighted by molar-refractivity contribution is 5.93. The molecule has 0 bridgehead atoms. The lowest BCUT2D eigenvalue weighted by atomic mass is 9.91. The van der Waals surface area contributed by atoms with Crippen LogP contribution in [0.25, 0.3) is 0 Å². The van der Waals surface area contributed by atoms with Gasteiger partial charge in [-0.25, -0.2) is 13.6 Å². The third-order valence-electron chi connectivity index (χ3n) is 4.53. The maximum absolute atomic E-state index is 13.0. The van der Waals surface area contributed by atoms with Gasteiger partial charge in [-0.15, -0.1) is 13.2 Å². The molecule has 2 aromatic rings. The topological polar surface area (TPSA) is 74.2 Å². The third kappa shape index (κ3) is 5.28. The van der Waals surface area contributed by atoms with Crippen LogP contribution in [0.5, 0.6) is 28.7 Å². The Labute approximate surface area is 173 Å². The van der Waals surface area contributed by atoms with E-state index in [1.807, 2.05) is 0 Å². The fourth-order valence-corrected chi connectivity index (χ4v) is 3.06. The fraction of sp³-hybridized carbons (Fsp3) is 0.350. The highest BCUT2D eigenvalue weighted by Crippen LogP contribution is 2.42. The maximum atomic E-state index is 13.0. The summed E-state index contributed by atoms with van der Waals surface area (Å²) in [6.45, 7) is 1.43. The van der Waals surface area contributed by atoms with Crippen molar-refractivity contribution in [3.63, 3.8) is 0 Å². The lowest BCUT2D eigenvalue weighted by Gasteiger charge is -2.35. The molecule has 1 N–H and O–H groups in total. The van der Waals surface area contributed by atoms with E-state index in [1.54, 1.807) is 0 Å². The minimum atomic E-state index is -4.90. The maximum Gasteiger partial charge on any atom is 0.573 e. The number of hydrogen-bond donors (Lipinski definition) is 1. The molecule has 168 valence electrons. The number of rotatable bonds is 7. The molecule has 0 radical (unpaired) electrons. The molecule has 0 amide bonds. The molecule has 6 nitrogen and oxygen atoms in total. The summed E-state index contributed by atoms with van der Waals surface area (Å²) in [7, 11) is 1.19. The first-order valence-corrected chi connectivity index (χ1v) is 8.91. The molecule has 0 spiro atoms. The van der Waals surface area contributed by atoms with Crippen LogP contribution in [-0.4, -0.2) is 36.6 Å². The normalized spacial score (nSPS) is 15.7. The lowest BCUT2D eigenvalue weighted by molar-refractivity contribution is -0.274. The minimum absolute atomic E-state index is 0.0637. The molecule has 2 aromatic carbocycles. The van der Waals surface area contributed by atoms with E-state index >= 15 is 0 Å². The van der Waals surface area contributed by atoms with E-state index in [4.69, 9.17) is 14.2 Å². The van der Waals surface area contributed by atoms with E-state index in [0.29, 0.717) is 0 Å². The second-order valence-corrected chi connectivity index (χ2v) is 6.83. The van der Waals surface area contributed by atoms with Crippen LogP contribution in [0.4, 0.5) is 22.0 Å². The van der Waals surface area contributed by atoms with E-state index in [-0.39, 0.29) is 34.1 Å². The molecule has 0 saturated heterocycles. The van der Waals surface area contributed by atoms with Crippen molar-refractivity contribution in [2.75, 3.05) is 7.11 Å². The van der Waals surface area contributed by atoms with Crippen LogP contribution in [-0.2, 0) is 0 Å². The van der Waals surface area contributed by atoms with Crippen molar-refractivity contribution in [2.45, 2.75) is 38.2 Å². The minimum Gasteiger partial charge on any atom is -0.493 e. The number of alkyl halides is 5. The molecule has 3 rings (SSSR count). The van der Waals surface area contributed by atoms with Gasteiger partial charge in [-0.3, -0.25) is 0 Å². The summed E-state index contributed by atoms with van der Waals surface area (Å²) in [6.07, 6.45) is -6.56. The van der Waals surface area contributed by atoms with Gasteiger partial charge in [-0.2, -0.15) is 0 Å². The molecule has 0 heterocycles. The molecular weight excluding hydrogens is 431 g/mol. The fourth-order valence-electron chi connectivity index (χ4n) is 3.06. The molecule has 11 heteroatoms. The summed E-state index contributed by atoms with van der Waals surface area (Å²) in [5, 5.41) is 9.60. The highest BCUT2D eigenvalue weighted by Gasteiger charge is 2.47. The van der Waals surface area contributed by atoms with Crippen LogP contribution in [0, 0.1) is 6.92 Å². The Kier molecular flexibility index (Phi) is 5.88. The van der Waals surface area contributed by atoms with Crippen molar-refractivity contribution >= 4 is 5.97 Å². The SMILES string of the molecule is COc1cc(OC(F)(F)F)ccc1Oc1ccc(OC2CC(F)(F)C2)c(C)c1C(=O)O. The van der Waals surface area contributed by atoms with E-state index in [2.05, 4.69) is 4.74 Å². The predicted molar refractivity (Wildman–Crippen MR) is 96.5 cm³/mol. The monoisotopic (exact) mass is 448 g/mol. The number of ether oxygens (including phenoxy) is 4. The van der Waals surface area contributed by atoms with Gasteiger partial charge >= 0.3 is 12.3 Å². The highest BCUT2D eigenvalue weighted by atomic mass is 19.4. The number of carboxylic acid groups (broad SMARTS) is 1. The van der Waals surface area contributed by atoms with Crippen LogP contribution in [0.2, 0.25) is 0 Å². The molecule has 1 aliphatic carbocycles. The Hall–Kier alpha value is -3.24. The van der Waals surface area contributed by atoms with Gasteiger partial charge in [-0.1, -0.05) is 0 Å². The van der Waals surface area contributed by atoms with Gasteiger partial charge in [0.05, 0.1) is 7.11 Å². The van der Waals surface area contributed by atoms with Gasteiger partial charge in [0.1, 0.15) is 28.9 Å². The van der Waals surface area contributed by atoms with Crippen molar-refractivity contribution < 1.29 is 50.8 Å². The Morgan fingerprint density at radius 1 is 1.06 bits per heavy atom. The predicted octanol–water partition coefficient (Wildman–Crippen LogP) is 5.57. The average molecular weight is 448 g/mol. The summed E-state index contributed by atoms with van der Waals surface area (Å²) in [4.78, 5) is 11.8. The van der Waals surface area contributed by atoms with Crippen molar-refractivity contribution in [1.29, 1.82) is 0 Å². The molecule has 31 heavy (non-hydrogen) atoms. The zero-order chi connectivity index (χ0) is 23.0. The third-order valence-corrected chi connectivity index (χ3v) is 4.53. The van der Waals surface area contributed by atoms with Crippen LogP contribution in [0.15, 0.2) is 30.3 Å². The molecule has 1 aliphatic rings. The number of halogens is 5.